The summed E-state index contributed by atoms with van der Waals surface area (Å²) in [4.78, 5) is 0. The molecule has 0 radical (unpaired) electrons. The van der Waals surface area contributed by atoms with Crippen molar-refractivity contribution >= 4 is 23.5 Å². The van der Waals surface area contributed by atoms with E-state index in [4.69, 9.17) is 0 Å². The van der Waals surface area contributed by atoms with Crippen LogP contribution in [0.25, 0.3) is 0 Å². The van der Waals surface area contributed by atoms with Crippen LogP contribution in [0.2, 0.25) is 0 Å². The molecule has 3 atom stereocenters. The molecular weight excluding hydrogens is 198 g/mol. The fraction of sp³-hybridized carbons (Fsp3) is 1.00. The van der Waals surface area contributed by atoms with Gasteiger partial charge in [-0.1, -0.05) is 6.92 Å². The second-order valence-corrected chi connectivity index (χ2v) is 6.78. The molecule has 1 N–H and O–H groups in total. The first-order valence-corrected chi connectivity index (χ1v) is 7.50. The van der Waals surface area contributed by atoms with Crippen LogP contribution in [0.1, 0.15) is 26.2 Å². The van der Waals surface area contributed by atoms with Gasteiger partial charge in [0.25, 0.3) is 0 Å². The molecule has 2 rings (SSSR count). The molecule has 0 aromatic rings. The van der Waals surface area contributed by atoms with Gasteiger partial charge < -0.3 is 5.32 Å². The minimum Gasteiger partial charge on any atom is -0.310 e. The van der Waals surface area contributed by atoms with E-state index >= 15 is 0 Å². The molecule has 0 aliphatic carbocycles. The molecule has 3 unspecified atom stereocenters. The van der Waals surface area contributed by atoms with E-state index in [-0.39, 0.29) is 0 Å². The summed E-state index contributed by atoms with van der Waals surface area (Å²) in [7, 11) is 0. The predicted molar refractivity (Wildman–Crippen MR) is 63.8 cm³/mol. The van der Waals surface area contributed by atoms with Gasteiger partial charge in [0.2, 0.25) is 0 Å². The van der Waals surface area contributed by atoms with Crippen molar-refractivity contribution in [1.82, 2.24) is 5.32 Å². The Balaban J connectivity index is 1.71. The van der Waals surface area contributed by atoms with Crippen LogP contribution in [-0.4, -0.2) is 34.6 Å². The molecule has 0 amide bonds. The van der Waals surface area contributed by atoms with Gasteiger partial charge in [0, 0.05) is 28.8 Å². The predicted octanol–water partition coefficient (Wildman–Crippen LogP) is 2.37. The smallest absolute Gasteiger partial charge is 0.0171 e. The van der Waals surface area contributed by atoms with Gasteiger partial charge in [0.1, 0.15) is 0 Å². The number of nitrogens with one attached hydrogen (secondary N) is 1. The molecule has 3 heteroatoms. The first kappa shape index (κ1) is 10.2. The Morgan fingerprint density at radius 1 is 1.23 bits per heavy atom. The molecule has 0 aromatic heterocycles. The number of rotatable bonds is 2. The van der Waals surface area contributed by atoms with E-state index in [2.05, 4.69) is 35.8 Å². The highest BCUT2D eigenvalue weighted by Gasteiger charge is 2.24. The molecule has 2 aliphatic heterocycles. The SMILES string of the molecule is CC1CC(NC2CCCSC2)CS1. The van der Waals surface area contributed by atoms with Gasteiger partial charge in [-0.25, -0.2) is 0 Å². The molecule has 2 fully saturated rings. The second kappa shape index (κ2) is 4.94. The minimum absolute atomic E-state index is 0.809. The lowest BCUT2D eigenvalue weighted by Gasteiger charge is -2.25. The third-order valence-electron chi connectivity index (χ3n) is 2.83. The van der Waals surface area contributed by atoms with E-state index in [9.17, 15) is 0 Å². The average molecular weight is 217 g/mol. The van der Waals surface area contributed by atoms with Crippen LogP contribution in [0.15, 0.2) is 0 Å². The first-order chi connectivity index (χ1) is 6.34. The van der Waals surface area contributed by atoms with Gasteiger partial charge in [0.05, 0.1) is 0 Å². The van der Waals surface area contributed by atoms with Crippen LogP contribution in [0.5, 0.6) is 0 Å². The number of hydrogen-bond donors (Lipinski definition) is 1. The standard InChI is InChI=1S/C10H19NS2/c1-8-5-10(7-13-8)11-9-3-2-4-12-6-9/h8-11H,2-7H2,1H3. The average Bonchev–Trinajstić information content (AvgIpc) is 2.53. The molecular formula is C10H19NS2. The minimum atomic E-state index is 0.809. The van der Waals surface area contributed by atoms with E-state index in [1.54, 1.807) is 0 Å². The Morgan fingerprint density at radius 3 is 2.77 bits per heavy atom. The van der Waals surface area contributed by atoms with Crippen LogP contribution in [-0.2, 0) is 0 Å². The van der Waals surface area contributed by atoms with Crippen LogP contribution >= 0.6 is 23.5 Å². The normalized spacial score (nSPS) is 40.8. The largest absolute Gasteiger partial charge is 0.310 e. The number of thioether (sulfide) groups is 2. The summed E-state index contributed by atoms with van der Waals surface area (Å²) >= 11 is 4.24. The van der Waals surface area contributed by atoms with Crippen LogP contribution in [0, 0.1) is 0 Å². The lowest BCUT2D eigenvalue weighted by atomic mass is 10.1. The Bertz CT molecular complexity index is 154. The zero-order valence-corrected chi connectivity index (χ0v) is 9.92. The van der Waals surface area contributed by atoms with Gasteiger partial charge in [-0.3, -0.25) is 0 Å². The van der Waals surface area contributed by atoms with Gasteiger partial charge in [0.15, 0.2) is 0 Å². The lowest BCUT2D eigenvalue weighted by Crippen LogP contribution is -2.41. The summed E-state index contributed by atoms with van der Waals surface area (Å²) < 4.78 is 0. The van der Waals surface area contributed by atoms with Gasteiger partial charge in [-0.05, 0) is 25.0 Å². The maximum absolute atomic E-state index is 3.81. The van der Waals surface area contributed by atoms with Crippen molar-refractivity contribution in [3.8, 4) is 0 Å². The Kier molecular flexibility index (Phi) is 3.87. The summed E-state index contributed by atoms with van der Waals surface area (Å²) in [6.07, 6.45) is 4.20. The Labute approximate surface area is 89.8 Å². The number of hydrogen-bond acceptors (Lipinski definition) is 3. The summed E-state index contributed by atoms with van der Waals surface area (Å²) in [6.45, 7) is 2.35. The van der Waals surface area contributed by atoms with Crippen molar-refractivity contribution in [3.63, 3.8) is 0 Å². The molecule has 13 heavy (non-hydrogen) atoms. The summed E-state index contributed by atoms with van der Waals surface area (Å²) in [6, 6.07) is 1.62. The summed E-state index contributed by atoms with van der Waals surface area (Å²) in [5, 5.41) is 4.69. The summed E-state index contributed by atoms with van der Waals surface area (Å²) in [5.74, 6) is 4.06. The van der Waals surface area contributed by atoms with Gasteiger partial charge in [-0.15, -0.1) is 0 Å². The zero-order chi connectivity index (χ0) is 9.10. The molecule has 1 nitrogen and oxygen atoms in total. The van der Waals surface area contributed by atoms with Crippen LogP contribution < -0.4 is 5.32 Å². The molecule has 0 bridgehead atoms. The highest BCUT2D eigenvalue weighted by atomic mass is 32.2. The molecule has 0 spiro atoms. The molecule has 2 saturated heterocycles. The molecule has 0 saturated carbocycles. The third kappa shape index (κ3) is 3.07. The van der Waals surface area contributed by atoms with Crippen molar-refractivity contribution in [2.24, 2.45) is 0 Å². The quantitative estimate of drug-likeness (QED) is 0.763. The van der Waals surface area contributed by atoms with E-state index < -0.39 is 0 Å². The van der Waals surface area contributed by atoms with E-state index in [1.807, 2.05) is 0 Å². The van der Waals surface area contributed by atoms with Gasteiger partial charge >= 0.3 is 0 Å². The van der Waals surface area contributed by atoms with Crippen molar-refractivity contribution < 1.29 is 0 Å². The van der Waals surface area contributed by atoms with E-state index in [1.165, 1.54) is 36.5 Å². The molecule has 2 heterocycles. The van der Waals surface area contributed by atoms with Crippen molar-refractivity contribution in [2.45, 2.75) is 43.5 Å². The van der Waals surface area contributed by atoms with E-state index in [0.29, 0.717) is 0 Å². The highest BCUT2D eigenvalue weighted by molar-refractivity contribution is 8.00. The maximum Gasteiger partial charge on any atom is 0.0171 e. The third-order valence-corrected chi connectivity index (χ3v) is 5.40. The Hall–Kier alpha value is 0.660. The van der Waals surface area contributed by atoms with Crippen LogP contribution in [0.3, 0.4) is 0 Å². The topological polar surface area (TPSA) is 12.0 Å². The fourth-order valence-corrected chi connectivity index (χ4v) is 4.39. The molecule has 76 valence electrons. The molecule has 2 aliphatic rings. The van der Waals surface area contributed by atoms with Crippen molar-refractivity contribution in [2.75, 3.05) is 17.3 Å². The van der Waals surface area contributed by atoms with Gasteiger partial charge in [-0.2, -0.15) is 23.5 Å². The van der Waals surface area contributed by atoms with Crippen molar-refractivity contribution in [1.29, 1.82) is 0 Å². The lowest BCUT2D eigenvalue weighted by molar-refractivity contribution is 0.440. The maximum atomic E-state index is 3.81. The van der Waals surface area contributed by atoms with E-state index in [0.717, 1.165) is 17.3 Å². The monoisotopic (exact) mass is 217 g/mol. The zero-order valence-electron chi connectivity index (χ0n) is 8.29. The Morgan fingerprint density at radius 2 is 2.15 bits per heavy atom. The molecule has 0 aromatic carbocycles. The second-order valence-electron chi connectivity index (χ2n) is 4.16. The highest BCUT2D eigenvalue weighted by Crippen LogP contribution is 2.27. The fourth-order valence-electron chi connectivity index (χ4n) is 2.14. The van der Waals surface area contributed by atoms with Crippen molar-refractivity contribution in [3.05, 3.63) is 0 Å². The van der Waals surface area contributed by atoms with Crippen LogP contribution in [0.4, 0.5) is 0 Å². The summed E-state index contributed by atoms with van der Waals surface area (Å²) in [5.41, 5.74) is 0. The first-order valence-electron chi connectivity index (χ1n) is 5.30.